The predicted octanol–water partition coefficient (Wildman–Crippen LogP) is 2.37. The Bertz CT molecular complexity index is 1020. The van der Waals surface area contributed by atoms with Gasteiger partial charge in [0.25, 0.3) is 0 Å². The van der Waals surface area contributed by atoms with Crippen LogP contribution in [0.5, 0.6) is 0 Å². The van der Waals surface area contributed by atoms with Crippen molar-refractivity contribution in [3.63, 3.8) is 0 Å². The van der Waals surface area contributed by atoms with Gasteiger partial charge in [0.15, 0.2) is 5.82 Å². The number of hydrogen-bond donors (Lipinski definition) is 2. The van der Waals surface area contributed by atoms with Crippen LogP contribution in [0.1, 0.15) is 18.7 Å². The smallest absolute Gasteiger partial charge is 0.250 e. The number of aromatic nitrogens is 4. The number of nitrogens with zero attached hydrogens (tertiary/aromatic N) is 5. The number of fused-ring (bicyclic) bond motifs is 1. The van der Waals surface area contributed by atoms with E-state index in [2.05, 4.69) is 30.6 Å². The minimum atomic E-state index is -0.572. The van der Waals surface area contributed by atoms with Gasteiger partial charge in [0.05, 0.1) is 11.4 Å². The molecule has 0 saturated carbocycles. The molecule has 1 aromatic carbocycles. The number of anilines is 3. The van der Waals surface area contributed by atoms with Crippen LogP contribution in [0.3, 0.4) is 0 Å². The standard InChI is InChI=1S/C20H21N7O/c1-14-22-17(13-18(23-14)27-10-4-9-21-27)26-11-7-20(8-12-26)19(28)24-15-5-2-3-6-16(15)25-20/h2-6,9-10,13,25H,7-8,11-12H2,1H3,(H,24,28). The van der Waals surface area contributed by atoms with Crippen LogP contribution in [-0.4, -0.2) is 44.3 Å². The van der Waals surface area contributed by atoms with Gasteiger partial charge in [-0.25, -0.2) is 14.6 Å². The summed E-state index contributed by atoms with van der Waals surface area (Å²) in [6.45, 7) is 3.35. The van der Waals surface area contributed by atoms with Gasteiger partial charge in [-0.2, -0.15) is 5.10 Å². The molecule has 2 N–H and O–H groups in total. The highest BCUT2D eigenvalue weighted by atomic mass is 16.2. The third-order valence-corrected chi connectivity index (χ3v) is 5.47. The summed E-state index contributed by atoms with van der Waals surface area (Å²) < 4.78 is 1.73. The summed E-state index contributed by atoms with van der Waals surface area (Å²) in [7, 11) is 0. The van der Waals surface area contributed by atoms with E-state index in [-0.39, 0.29) is 5.91 Å². The van der Waals surface area contributed by atoms with E-state index in [1.165, 1.54) is 0 Å². The first-order valence-corrected chi connectivity index (χ1v) is 9.42. The van der Waals surface area contributed by atoms with Gasteiger partial charge in [-0.1, -0.05) is 12.1 Å². The number of hydrogen-bond acceptors (Lipinski definition) is 6. The highest BCUT2D eigenvalue weighted by Crippen LogP contribution is 2.37. The fourth-order valence-electron chi connectivity index (χ4n) is 3.95. The lowest BCUT2D eigenvalue weighted by Gasteiger charge is -2.44. The van der Waals surface area contributed by atoms with Crippen molar-refractivity contribution in [1.29, 1.82) is 0 Å². The molecule has 0 atom stereocenters. The zero-order valence-electron chi connectivity index (χ0n) is 15.6. The molecule has 5 rings (SSSR count). The van der Waals surface area contributed by atoms with E-state index >= 15 is 0 Å². The van der Waals surface area contributed by atoms with Gasteiger partial charge < -0.3 is 15.5 Å². The Labute approximate surface area is 162 Å². The van der Waals surface area contributed by atoms with E-state index in [9.17, 15) is 4.79 Å². The van der Waals surface area contributed by atoms with Crippen molar-refractivity contribution < 1.29 is 4.79 Å². The zero-order valence-corrected chi connectivity index (χ0v) is 15.6. The molecular formula is C20H21N7O. The molecule has 0 unspecified atom stereocenters. The molecule has 2 aliphatic rings. The van der Waals surface area contributed by atoms with Crippen molar-refractivity contribution in [1.82, 2.24) is 19.7 Å². The molecule has 1 fully saturated rings. The summed E-state index contributed by atoms with van der Waals surface area (Å²) in [5, 5.41) is 10.8. The molecule has 0 bridgehead atoms. The maximum absolute atomic E-state index is 12.8. The van der Waals surface area contributed by atoms with Crippen molar-refractivity contribution in [2.75, 3.05) is 28.6 Å². The van der Waals surface area contributed by atoms with Crippen LogP contribution in [0.15, 0.2) is 48.8 Å². The zero-order chi connectivity index (χ0) is 19.1. The maximum Gasteiger partial charge on any atom is 0.250 e. The van der Waals surface area contributed by atoms with Crippen LogP contribution >= 0.6 is 0 Å². The number of aryl methyl sites for hydroxylation is 1. The van der Waals surface area contributed by atoms with E-state index in [1.54, 1.807) is 10.9 Å². The number of carbonyl (C=O) groups is 1. The third-order valence-electron chi connectivity index (χ3n) is 5.47. The maximum atomic E-state index is 12.8. The molecule has 2 aromatic heterocycles. The van der Waals surface area contributed by atoms with E-state index in [0.717, 1.165) is 36.1 Å². The van der Waals surface area contributed by atoms with Crippen LogP contribution in [0.25, 0.3) is 5.82 Å². The van der Waals surface area contributed by atoms with Crippen molar-refractivity contribution in [3.05, 3.63) is 54.6 Å². The van der Waals surface area contributed by atoms with E-state index < -0.39 is 5.54 Å². The summed E-state index contributed by atoms with van der Waals surface area (Å²) >= 11 is 0. The first-order chi connectivity index (χ1) is 13.6. The number of benzene rings is 1. The molecule has 28 heavy (non-hydrogen) atoms. The van der Waals surface area contributed by atoms with E-state index in [0.29, 0.717) is 18.7 Å². The Morgan fingerprint density at radius 3 is 2.54 bits per heavy atom. The Kier molecular flexibility index (Phi) is 3.78. The monoisotopic (exact) mass is 375 g/mol. The summed E-state index contributed by atoms with van der Waals surface area (Å²) in [6, 6.07) is 11.6. The molecule has 4 heterocycles. The van der Waals surface area contributed by atoms with Gasteiger partial charge in [-0.15, -0.1) is 0 Å². The van der Waals surface area contributed by atoms with E-state index in [1.807, 2.05) is 49.5 Å². The average molecular weight is 375 g/mol. The fourth-order valence-corrected chi connectivity index (χ4v) is 3.95. The lowest BCUT2D eigenvalue weighted by atomic mass is 9.84. The number of para-hydroxylation sites is 2. The normalized spacial score (nSPS) is 17.8. The predicted molar refractivity (Wildman–Crippen MR) is 107 cm³/mol. The second-order valence-electron chi connectivity index (χ2n) is 7.28. The Hall–Kier alpha value is -3.42. The van der Waals surface area contributed by atoms with Gasteiger partial charge in [0, 0.05) is 31.5 Å². The van der Waals surface area contributed by atoms with Gasteiger partial charge in [-0.05, 0) is 38.0 Å². The second kappa shape index (κ2) is 6.33. The molecule has 142 valence electrons. The van der Waals surface area contributed by atoms with Crippen molar-refractivity contribution in [2.24, 2.45) is 0 Å². The van der Waals surface area contributed by atoms with Crippen LogP contribution < -0.4 is 15.5 Å². The Morgan fingerprint density at radius 2 is 1.79 bits per heavy atom. The summed E-state index contributed by atoms with van der Waals surface area (Å²) in [5.74, 6) is 2.35. The highest BCUT2D eigenvalue weighted by molar-refractivity contribution is 6.06. The Morgan fingerprint density at radius 1 is 1.04 bits per heavy atom. The van der Waals surface area contributed by atoms with Crippen molar-refractivity contribution in [3.8, 4) is 5.82 Å². The van der Waals surface area contributed by atoms with E-state index in [4.69, 9.17) is 0 Å². The number of nitrogens with one attached hydrogen (secondary N) is 2. The van der Waals surface area contributed by atoms with Crippen molar-refractivity contribution in [2.45, 2.75) is 25.3 Å². The summed E-state index contributed by atoms with van der Waals surface area (Å²) in [4.78, 5) is 24.1. The van der Waals surface area contributed by atoms with Gasteiger partial charge >= 0.3 is 0 Å². The SMILES string of the molecule is Cc1nc(N2CCC3(CC2)Nc2ccccc2NC3=O)cc(-n2cccn2)n1. The number of piperidine rings is 1. The van der Waals surface area contributed by atoms with Gasteiger partial charge in [-0.3, -0.25) is 4.79 Å². The quantitative estimate of drug-likeness (QED) is 0.715. The minimum absolute atomic E-state index is 0.0435. The average Bonchev–Trinajstić information content (AvgIpc) is 3.24. The first-order valence-electron chi connectivity index (χ1n) is 9.42. The second-order valence-corrected chi connectivity index (χ2v) is 7.28. The van der Waals surface area contributed by atoms with Crippen LogP contribution in [0, 0.1) is 6.92 Å². The third kappa shape index (κ3) is 2.77. The molecule has 8 heteroatoms. The molecule has 2 aliphatic heterocycles. The van der Waals surface area contributed by atoms with Crippen LogP contribution in [0.4, 0.5) is 17.2 Å². The highest BCUT2D eigenvalue weighted by Gasteiger charge is 2.44. The molecule has 0 aliphatic carbocycles. The first kappa shape index (κ1) is 16.7. The molecule has 1 amide bonds. The fraction of sp³-hybridized carbons (Fsp3) is 0.300. The topological polar surface area (TPSA) is 88.0 Å². The molecule has 3 aromatic rings. The lowest BCUT2D eigenvalue weighted by molar-refractivity contribution is -0.121. The van der Waals surface area contributed by atoms with Crippen molar-refractivity contribution >= 4 is 23.1 Å². The van der Waals surface area contributed by atoms with Crippen LogP contribution in [-0.2, 0) is 4.79 Å². The number of amides is 1. The molecule has 1 saturated heterocycles. The van der Waals surface area contributed by atoms with Gasteiger partial charge in [0.2, 0.25) is 5.91 Å². The molecule has 8 nitrogen and oxygen atoms in total. The lowest BCUT2D eigenvalue weighted by Crippen LogP contribution is -2.58. The largest absolute Gasteiger partial charge is 0.369 e. The van der Waals surface area contributed by atoms with Crippen LogP contribution in [0.2, 0.25) is 0 Å². The molecule has 0 radical (unpaired) electrons. The minimum Gasteiger partial charge on any atom is -0.369 e. The van der Waals surface area contributed by atoms with Gasteiger partial charge in [0.1, 0.15) is 17.2 Å². The Balaban J connectivity index is 1.37. The molecule has 1 spiro atoms. The molecular weight excluding hydrogens is 354 g/mol. The number of carbonyl (C=O) groups excluding carboxylic acids is 1. The summed E-state index contributed by atoms with van der Waals surface area (Å²) in [5.41, 5.74) is 1.25. The summed E-state index contributed by atoms with van der Waals surface area (Å²) in [6.07, 6.45) is 5.00. The number of rotatable bonds is 2.